The number of carbonyl (C=O) groups is 2. The van der Waals surface area contributed by atoms with E-state index in [0.29, 0.717) is 25.9 Å². The topological polar surface area (TPSA) is 87.7 Å². The minimum absolute atomic E-state index is 0.192. The first-order chi connectivity index (χ1) is 8.63. The average Bonchev–Trinajstić information content (AvgIpc) is 2.81. The lowest BCUT2D eigenvalue weighted by atomic mass is 10.2. The third-order valence-corrected chi connectivity index (χ3v) is 3.38. The first-order valence-electron chi connectivity index (χ1n) is 6.02. The van der Waals surface area contributed by atoms with Gasteiger partial charge in [0.1, 0.15) is 0 Å². The Kier molecular flexibility index (Phi) is 6.89. The van der Waals surface area contributed by atoms with Crippen molar-refractivity contribution in [3.63, 3.8) is 0 Å². The largest absolute Gasteiger partial charge is 0.479 e. The highest BCUT2D eigenvalue weighted by Gasteiger charge is 2.30. The predicted octanol–water partition coefficient (Wildman–Crippen LogP) is 0.671. The van der Waals surface area contributed by atoms with Crippen LogP contribution in [0.1, 0.15) is 19.3 Å². The van der Waals surface area contributed by atoms with Gasteiger partial charge in [-0.25, -0.2) is 9.59 Å². The number of rotatable bonds is 7. The summed E-state index contributed by atoms with van der Waals surface area (Å²) < 4.78 is 5.27. The molecule has 1 fully saturated rings. The van der Waals surface area contributed by atoms with E-state index in [9.17, 15) is 9.59 Å². The van der Waals surface area contributed by atoms with Crippen molar-refractivity contribution in [2.75, 3.05) is 25.1 Å². The first kappa shape index (κ1) is 15.1. The van der Waals surface area contributed by atoms with E-state index in [1.54, 1.807) is 11.8 Å². The number of ether oxygens (including phenoxy) is 1. The summed E-state index contributed by atoms with van der Waals surface area (Å²) in [4.78, 5) is 22.0. The molecule has 2 amide bonds. The first-order valence-corrected chi connectivity index (χ1v) is 7.41. The summed E-state index contributed by atoms with van der Waals surface area (Å²) in [6.07, 6.45) is 3.23. The van der Waals surface area contributed by atoms with Crippen LogP contribution in [-0.4, -0.2) is 54.4 Å². The molecule has 2 atom stereocenters. The minimum atomic E-state index is -0.931. The summed E-state index contributed by atoms with van der Waals surface area (Å²) in [6.45, 7) is 1.01. The lowest BCUT2D eigenvalue weighted by Crippen LogP contribution is -2.40. The van der Waals surface area contributed by atoms with E-state index in [-0.39, 0.29) is 12.1 Å². The molecular weight excluding hydrogens is 256 g/mol. The van der Waals surface area contributed by atoms with Gasteiger partial charge in [-0.2, -0.15) is 11.8 Å². The zero-order valence-electron chi connectivity index (χ0n) is 10.5. The Bertz CT molecular complexity index is 288. The van der Waals surface area contributed by atoms with Crippen LogP contribution < -0.4 is 10.6 Å². The van der Waals surface area contributed by atoms with Gasteiger partial charge in [0, 0.05) is 13.1 Å². The number of nitrogens with one attached hydrogen (secondary N) is 2. The number of urea groups is 1. The van der Waals surface area contributed by atoms with E-state index in [0.717, 1.165) is 12.2 Å². The van der Waals surface area contributed by atoms with Crippen LogP contribution in [-0.2, 0) is 9.53 Å². The Balaban J connectivity index is 2.07. The van der Waals surface area contributed by atoms with Gasteiger partial charge in [-0.3, -0.25) is 0 Å². The molecule has 0 spiro atoms. The van der Waals surface area contributed by atoms with Crippen LogP contribution in [0.15, 0.2) is 0 Å². The number of thioether (sulfide) groups is 1. The summed E-state index contributed by atoms with van der Waals surface area (Å²) in [5.74, 6) is 0.0887. The van der Waals surface area contributed by atoms with Crippen LogP contribution in [0.25, 0.3) is 0 Å². The fourth-order valence-corrected chi connectivity index (χ4v) is 2.16. The summed E-state index contributed by atoms with van der Waals surface area (Å²) in [6, 6.07) is -0.224. The summed E-state index contributed by atoms with van der Waals surface area (Å²) in [5.41, 5.74) is 0. The highest BCUT2D eigenvalue weighted by atomic mass is 32.2. The van der Waals surface area contributed by atoms with E-state index >= 15 is 0 Å². The molecule has 0 aliphatic carbocycles. The zero-order valence-corrected chi connectivity index (χ0v) is 11.3. The Labute approximate surface area is 111 Å². The zero-order chi connectivity index (χ0) is 13.4. The molecule has 6 nitrogen and oxygen atoms in total. The van der Waals surface area contributed by atoms with Gasteiger partial charge in [0.05, 0.1) is 6.10 Å². The van der Waals surface area contributed by atoms with Gasteiger partial charge in [0.15, 0.2) is 6.10 Å². The molecule has 104 valence electrons. The molecule has 0 aromatic heterocycles. The van der Waals surface area contributed by atoms with Crippen molar-refractivity contribution in [2.24, 2.45) is 0 Å². The second-order valence-corrected chi connectivity index (χ2v) is 5.13. The maximum Gasteiger partial charge on any atom is 0.332 e. The number of carboxylic acid groups (broad SMARTS) is 1. The third kappa shape index (κ3) is 5.59. The standard InChI is InChI=1S/C11H20N2O4S/c1-18-6-2-5-12-11(16)13-7-8-3-4-9(17-8)10(14)15/h8-9H,2-7H2,1H3,(H,14,15)(H2,12,13,16). The van der Waals surface area contributed by atoms with Gasteiger partial charge in [0.2, 0.25) is 0 Å². The molecule has 18 heavy (non-hydrogen) atoms. The third-order valence-electron chi connectivity index (χ3n) is 2.68. The van der Waals surface area contributed by atoms with Gasteiger partial charge in [-0.05, 0) is 31.3 Å². The van der Waals surface area contributed by atoms with Crippen molar-refractivity contribution in [2.45, 2.75) is 31.5 Å². The summed E-state index contributed by atoms with van der Waals surface area (Å²) in [7, 11) is 0. The molecule has 0 aromatic carbocycles. The lowest BCUT2D eigenvalue weighted by molar-refractivity contribution is -0.149. The maximum absolute atomic E-state index is 11.4. The van der Waals surface area contributed by atoms with Crippen LogP contribution in [0.3, 0.4) is 0 Å². The Hall–Kier alpha value is -0.950. The maximum atomic E-state index is 11.4. The molecule has 1 aliphatic heterocycles. The van der Waals surface area contributed by atoms with Crippen LogP contribution in [0.4, 0.5) is 4.79 Å². The van der Waals surface area contributed by atoms with Crippen molar-refractivity contribution < 1.29 is 19.4 Å². The Morgan fingerprint density at radius 1 is 1.39 bits per heavy atom. The molecular formula is C11H20N2O4S. The Morgan fingerprint density at radius 2 is 2.17 bits per heavy atom. The van der Waals surface area contributed by atoms with Gasteiger partial charge >= 0.3 is 12.0 Å². The molecule has 0 aromatic rings. The normalized spacial score (nSPS) is 22.7. The molecule has 2 unspecified atom stereocenters. The van der Waals surface area contributed by atoms with Crippen molar-refractivity contribution in [1.82, 2.24) is 10.6 Å². The lowest BCUT2D eigenvalue weighted by Gasteiger charge is -2.12. The number of amides is 2. The van der Waals surface area contributed by atoms with E-state index in [1.807, 2.05) is 6.26 Å². The molecule has 0 saturated carbocycles. The highest BCUT2D eigenvalue weighted by Crippen LogP contribution is 2.18. The second-order valence-electron chi connectivity index (χ2n) is 4.15. The number of hydrogen-bond acceptors (Lipinski definition) is 4. The van der Waals surface area contributed by atoms with E-state index in [2.05, 4.69) is 10.6 Å². The number of hydrogen-bond donors (Lipinski definition) is 3. The van der Waals surface area contributed by atoms with Crippen LogP contribution in [0, 0.1) is 0 Å². The van der Waals surface area contributed by atoms with Crippen molar-refractivity contribution in [3.8, 4) is 0 Å². The minimum Gasteiger partial charge on any atom is -0.479 e. The smallest absolute Gasteiger partial charge is 0.332 e. The van der Waals surface area contributed by atoms with Gasteiger partial charge in [0.25, 0.3) is 0 Å². The average molecular weight is 276 g/mol. The molecule has 0 bridgehead atoms. The predicted molar refractivity (Wildman–Crippen MR) is 69.9 cm³/mol. The SMILES string of the molecule is CSCCCNC(=O)NCC1CCC(C(=O)O)O1. The molecule has 1 rings (SSSR count). The number of carbonyl (C=O) groups excluding carboxylic acids is 1. The summed E-state index contributed by atoms with van der Waals surface area (Å²) >= 11 is 1.74. The molecule has 1 saturated heterocycles. The molecule has 0 radical (unpaired) electrons. The number of carboxylic acids is 1. The quantitative estimate of drug-likeness (QED) is 0.595. The fourth-order valence-electron chi connectivity index (χ4n) is 1.72. The molecule has 7 heteroatoms. The highest BCUT2D eigenvalue weighted by molar-refractivity contribution is 7.98. The molecule has 1 heterocycles. The summed E-state index contributed by atoms with van der Waals surface area (Å²) in [5, 5.41) is 14.2. The monoisotopic (exact) mass is 276 g/mol. The van der Waals surface area contributed by atoms with Crippen molar-refractivity contribution >= 4 is 23.8 Å². The van der Waals surface area contributed by atoms with E-state index in [4.69, 9.17) is 9.84 Å². The van der Waals surface area contributed by atoms with Crippen molar-refractivity contribution in [3.05, 3.63) is 0 Å². The second kappa shape index (κ2) is 8.20. The number of aliphatic carboxylic acids is 1. The van der Waals surface area contributed by atoms with E-state index in [1.165, 1.54) is 0 Å². The Morgan fingerprint density at radius 3 is 2.78 bits per heavy atom. The molecule has 1 aliphatic rings. The van der Waals surface area contributed by atoms with E-state index < -0.39 is 12.1 Å². The van der Waals surface area contributed by atoms with Gasteiger partial charge in [-0.15, -0.1) is 0 Å². The van der Waals surface area contributed by atoms with Crippen LogP contribution >= 0.6 is 11.8 Å². The van der Waals surface area contributed by atoms with Gasteiger partial charge < -0.3 is 20.5 Å². The van der Waals surface area contributed by atoms with Crippen molar-refractivity contribution in [1.29, 1.82) is 0 Å². The fraction of sp³-hybridized carbons (Fsp3) is 0.818. The van der Waals surface area contributed by atoms with Gasteiger partial charge in [-0.1, -0.05) is 0 Å². The van der Waals surface area contributed by atoms with Crippen LogP contribution in [0.5, 0.6) is 0 Å². The molecule has 3 N–H and O–H groups in total. The van der Waals surface area contributed by atoms with Crippen LogP contribution in [0.2, 0.25) is 0 Å².